The van der Waals surface area contributed by atoms with Gasteiger partial charge in [-0.15, -0.1) is 0 Å². The molecule has 0 amide bonds. The fraction of sp³-hybridized carbons (Fsp3) is 0.467. The minimum absolute atomic E-state index is 0.000849. The number of carbonyl (C=O) groups is 1. The van der Waals surface area contributed by atoms with Crippen molar-refractivity contribution in [1.29, 1.82) is 0 Å². The highest BCUT2D eigenvalue weighted by molar-refractivity contribution is 5.91. The molecule has 208 valence electrons. The van der Waals surface area contributed by atoms with Crippen LogP contribution in [-0.4, -0.2) is 34.4 Å². The molecule has 1 saturated carbocycles. The van der Waals surface area contributed by atoms with Crippen LogP contribution in [0.5, 0.6) is 11.5 Å². The Morgan fingerprint density at radius 3 is 2.72 bits per heavy atom. The molecule has 5 N–H and O–H groups in total. The maximum absolute atomic E-state index is 13.3. The first-order chi connectivity index (χ1) is 18.6. The second kappa shape index (κ2) is 10.4. The number of rotatable bonds is 6. The number of hydrogen-bond donors (Lipinski definition) is 4. The van der Waals surface area contributed by atoms with Crippen molar-refractivity contribution < 1.29 is 28.9 Å². The van der Waals surface area contributed by atoms with E-state index in [-0.39, 0.29) is 40.8 Å². The molecule has 1 fully saturated rings. The highest BCUT2D eigenvalue weighted by Crippen LogP contribution is 2.47. The zero-order chi connectivity index (χ0) is 27.9. The van der Waals surface area contributed by atoms with E-state index in [1.54, 1.807) is 6.08 Å². The maximum atomic E-state index is 13.3. The molecule has 1 aromatic heterocycles. The lowest BCUT2D eigenvalue weighted by molar-refractivity contribution is -0.157. The number of fused-ring (bicyclic) bond motifs is 2. The van der Waals surface area contributed by atoms with Gasteiger partial charge in [0.1, 0.15) is 46.5 Å². The molecule has 9 heteroatoms. The lowest BCUT2D eigenvalue weighted by Gasteiger charge is -2.40. The summed E-state index contributed by atoms with van der Waals surface area (Å²) in [7, 11) is 0. The molecule has 9 nitrogen and oxygen atoms in total. The average molecular weight is 537 g/mol. The third-order valence-corrected chi connectivity index (χ3v) is 8.01. The van der Waals surface area contributed by atoms with Gasteiger partial charge in [-0.25, -0.2) is 4.79 Å². The molecule has 0 spiro atoms. The van der Waals surface area contributed by atoms with Crippen LogP contribution in [0, 0.1) is 5.92 Å². The number of aliphatic hydroxyl groups is 1. The summed E-state index contributed by atoms with van der Waals surface area (Å²) in [4.78, 5) is 26.4. The zero-order valence-electron chi connectivity index (χ0n) is 22.6. The first-order valence-electron chi connectivity index (χ1n) is 13.5. The van der Waals surface area contributed by atoms with Gasteiger partial charge in [-0.05, 0) is 51.2 Å². The van der Waals surface area contributed by atoms with Crippen LogP contribution >= 0.6 is 0 Å². The Morgan fingerprint density at radius 2 is 2.05 bits per heavy atom. The quantitative estimate of drug-likeness (QED) is 0.321. The van der Waals surface area contributed by atoms with Gasteiger partial charge in [-0.1, -0.05) is 25.0 Å². The minimum atomic E-state index is -0.946. The molecule has 3 heterocycles. The SMILES string of the molecule is C/C=C(\C(=O)O[C@@H]1Cc2c(c(CC3=CCNC(N)=C3)c3oc(CO)cc(=O)c3c2O)OC1(C)C)C1CCCC1. The standard InChI is InChI=1S/C30H36N2O7/c1-4-19(17-7-5-6-8-17)29(36)38-23-14-20-26(35)25-22(34)13-18(15-33)37-28(25)21(27(20)39-30(23,2)3)11-16-9-10-32-24(31)12-16/h4,9,12-13,17,23,32-33,35H,5-8,10-11,14-15,31H2,1-3H3/b19-4-/t23-/m1/s1. The summed E-state index contributed by atoms with van der Waals surface area (Å²) >= 11 is 0. The lowest BCUT2D eigenvalue weighted by atomic mass is 9.86. The van der Waals surface area contributed by atoms with E-state index in [9.17, 15) is 19.8 Å². The van der Waals surface area contributed by atoms with E-state index in [2.05, 4.69) is 5.32 Å². The van der Waals surface area contributed by atoms with Gasteiger partial charge in [0.25, 0.3) is 0 Å². The number of carbonyl (C=O) groups excluding carboxylic acids is 1. The number of ether oxygens (including phenoxy) is 2. The van der Waals surface area contributed by atoms with E-state index < -0.39 is 23.7 Å². The molecule has 2 aliphatic heterocycles. The number of phenolic OH excluding ortho intramolecular Hbond substituents is 1. The molecule has 3 aliphatic rings. The molecule has 0 unspecified atom stereocenters. The average Bonchev–Trinajstić information content (AvgIpc) is 3.41. The number of dihydropyridines is 1. The van der Waals surface area contributed by atoms with Crippen molar-refractivity contribution in [1.82, 2.24) is 5.32 Å². The van der Waals surface area contributed by atoms with Gasteiger partial charge in [0.15, 0.2) is 5.43 Å². The van der Waals surface area contributed by atoms with Crippen molar-refractivity contribution in [3.05, 3.63) is 68.4 Å². The molecule has 0 radical (unpaired) electrons. The Kier molecular flexibility index (Phi) is 7.20. The number of aromatic hydroxyl groups is 1. The number of hydrogen-bond acceptors (Lipinski definition) is 9. The zero-order valence-corrected chi connectivity index (χ0v) is 22.6. The summed E-state index contributed by atoms with van der Waals surface area (Å²) < 4.78 is 18.5. The van der Waals surface area contributed by atoms with Crippen molar-refractivity contribution >= 4 is 16.9 Å². The summed E-state index contributed by atoms with van der Waals surface area (Å²) in [6.45, 7) is 5.60. The highest BCUT2D eigenvalue weighted by atomic mass is 16.6. The molecule has 1 aromatic carbocycles. The molecule has 0 saturated heterocycles. The van der Waals surface area contributed by atoms with Gasteiger partial charge < -0.3 is 35.2 Å². The fourth-order valence-electron chi connectivity index (χ4n) is 5.91. The van der Waals surface area contributed by atoms with Gasteiger partial charge >= 0.3 is 5.97 Å². The lowest BCUT2D eigenvalue weighted by Crippen LogP contribution is -2.49. The van der Waals surface area contributed by atoms with Crippen molar-refractivity contribution in [3.8, 4) is 11.5 Å². The topological polar surface area (TPSA) is 144 Å². The van der Waals surface area contributed by atoms with Crippen LogP contribution in [0.2, 0.25) is 0 Å². The van der Waals surface area contributed by atoms with Crippen molar-refractivity contribution in [3.63, 3.8) is 0 Å². The number of esters is 1. The van der Waals surface area contributed by atoms with Gasteiger partial charge in [-0.2, -0.15) is 0 Å². The molecule has 1 atom stereocenters. The Balaban J connectivity index is 1.60. The van der Waals surface area contributed by atoms with Gasteiger partial charge in [0, 0.05) is 42.2 Å². The van der Waals surface area contributed by atoms with Crippen molar-refractivity contribution in [2.45, 2.75) is 77.6 Å². The number of aliphatic hydroxyl groups excluding tert-OH is 1. The first-order valence-corrected chi connectivity index (χ1v) is 13.5. The number of allylic oxidation sites excluding steroid dienone is 3. The van der Waals surface area contributed by atoms with Gasteiger partial charge in [0.2, 0.25) is 0 Å². The molecular formula is C30H36N2O7. The van der Waals surface area contributed by atoms with Gasteiger partial charge in [-0.3, -0.25) is 4.79 Å². The highest BCUT2D eigenvalue weighted by Gasteiger charge is 2.44. The van der Waals surface area contributed by atoms with Crippen LogP contribution in [0.4, 0.5) is 0 Å². The van der Waals surface area contributed by atoms with Crippen molar-refractivity contribution in [2.24, 2.45) is 11.7 Å². The van der Waals surface area contributed by atoms with Crippen LogP contribution in [0.1, 0.15) is 63.3 Å². The van der Waals surface area contributed by atoms with E-state index in [4.69, 9.17) is 19.6 Å². The van der Waals surface area contributed by atoms with Crippen LogP contribution in [0.25, 0.3) is 11.0 Å². The summed E-state index contributed by atoms with van der Waals surface area (Å²) in [6, 6.07) is 1.17. The maximum Gasteiger partial charge on any atom is 0.334 e. The van der Waals surface area contributed by atoms with E-state index >= 15 is 0 Å². The predicted octanol–water partition coefficient (Wildman–Crippen LogP) is 3.62. The van der Waals surface area contributed by atoms with Gasteiger partial charge in [0.05, 0.1) is 5.82 Å². The van der Waals surface area contributed by atoms with Crippen LogP contribution < -0.4 is 21.2 Å². The Bertz CT molecular complexity index is 1460. The second-order valence-corrected chi connectivity index (χ2v) is 11.0. The molecule has 39 heavy (non-hydrogen) atoms. The number of benzene rings is 1. The Labute approximate surface area is 227 Å². The van der Waals surface area contributed by atoms with Crippen LogP contribution in [-0.2, 0) is 29.0 Å². The second-order valence-electron chi connectivity index (χ2n) is 11.0. The first kappa shape index (κ1) is 26.9. The molecule has 1 aliphatic carbocycles. The predicted molar refractivity (Wildman–Crippen MR) is 146 cm³/mol. The monoisotopic (exact) mass is 536 g/mol. The summed E-state index contributed by atoms with van der Waals surface area (Å²) in [5.41, 5.74) is 7.21. The van der Waals surface area contributed by atoms with Crippen LogP contribution in [0.3, 0.4) is 0 Å². The molecular weight excluding hydrogens is 500 g/mol. The normalized spacial score (nSPS) is 21.0. The largest absolute Gasteiger partial charge is 0.507 e. The minimum Gasteiger partial charge on any atom is -0.507 e. The van der Waals surface area contributed by atoms with Crippen LogP contribution in [0.15, 0.2) is 50.5 Å². The van der Waals surface area contributed by atoms with E-state index in [1.165, 1.54) is 6.07 Å². The van der Waals surface area contributed by atoms with E-state index in [0.29, 0.717) is 41.2 Å². The Morgan fingerprint density at radius 1 is 1.31 bits per heavy atom. The number of phenols is 1. The summed E-state index contributed by atoms with van der Waals surface area (Å²) in [6.07, 6.45) is 9.48. The fourth-order valence-corrected chi connectivity index (χ4v) is 5.91. The van der Waals surface area contributed by atoms with E-state index in [0.717, 1.165) is 31.3 Å². The Hall–Kier alpha value is -3.72. The molecule has 2 aromatic rings. The third kappa shape index (κ3) is 5.03. The third-order valence-electron chi connectivity index (χ3n) is 8.01. The van der Waals surface area contributed by atoms with E-state index in [1.807, 2.05) is 32.9 Å². The molecule has 5 rings (SSSR count). The number of nitrogens with two attached hydrogens (primary N) is 1. The van der Waals surface area contributed by atoms with Crippen molar-refractivity contribution in [2.75, 3.05) is 6.54 Å². The summed E-state index contributed by atoms with van der Waals surface area (Å²) in [5, 5.41) is 24.1. The summed E-state index contributed by atoms with van der Waals surface area (Å²) in [5.74, 6) is 0.518. The smallest absolute Gasteiger partial charge is 0.334 e. The number of nitrogens with one attached hydrogen (secondary N) is 1. The molecule has 0 bridgehead atoms.